The van der Waals surface area contributed by atoms with Crippen LogP contribution in [0.3, 0.4) is 0 Å². The fourth-order valence-electron chi connectivity index (χ4n) is 1.94. The van der Waals surface area contributed by atoms with Gasteiger partial charge in [-0.15, -0.1) is 0 Å². The maximum atomic E-state index is 10.6. The van der Waals surface area contributed by atoms with Crippen molar-refractivity contribution in [1.29, 1.82) is 0 Å². The van der Waals surface area contributed by atoms with Crippen LogP contribution in [0.15, 0.2) is 0 Å². The number of carboxylic acid groups (broad SMARTS) is 1. The van der Waals surface area contributed by atoms with Crippen LogP contribution in [0, 0.1) is 11.3 Å². The van der Waals surface area contributed by atoms with Crippen LogP contribution in [-0.2, 0) is 0 Å². The Morgan fingerprint density at radius 3 is 2.00 bits per heavy atom. The summed E-state index contributed by atoms with van der Waals surface area (Å²) < 4.78 is 0. The molecule has 1 fully saturated rings. The average Bonchev–Trinajstić information content (AvgIpc) is 2.03. The molecule has 4 heteroatoms. The van der Waals surface area contributed by atoms with Gasteiger partial charge in [0, 0.05) is 13.1 Å². The molecular weight excluding hydrogens is 433 g/mol. The van der Waals surface area contributed by atoms with Crippen LogP contribution in [0.25, 0.3) is 0 Å². The molecule has 0 saturated carbocycles. The SMILES string of the molecule is CC(C)(C)C1CCN(C(=O)O)CC1.[Rf]. The van der Waals surface area contributed by atoms with Gasteiger partial charge in [-0.1, -0.05) is 20.8 Å². The monoisotopic (exact) mass is 452 g/mol. The minimum absolute atomic E-state index is 0. The molecule has 1 rings (SSSR count). The number of amides is 1. The Labute approximate surface area is 79.7 Å². The van der Waals surface area contributed by atoms with E-state index in [4.69, 9.17) is 5.11 Å². The number of hydrogen-bond acceptors (Lipinski definition) is 1. The molecule has 3 nitrogen and oxygen atoms in total. The van der Waals surface area contributed by atoms with Gasteiger partial charge in [-0.2, -0.15) is 0 Å². The van der Waals surface area contributed by atoms with Crippen LogP contribution in [0.4, 0.5) is 4.79 Å². The van der Waals surface area contributed by atoms with Gasteiger partial charge in [-0.25, -0.2) is 4.79 Å². The van der Waals surface area contributed by atoms with E-state index >= 15 is 0 Å². The summed E-state index contributed by atoms with van der Waals surface area (Å²) in [7, 11) is 0. The summed E-state index contributed by atoms with van der Waals surface area (Å²) in [6.45, 7) is 8.10. The molecule has 0 aromatic heterocycles. The zero-order valence-electron chi connectivity index (χ0n) is 9.42. The second kappa shape index (κ2) is 3.99. The van der Waals surface area contributed by atoms with E-state index in [0.717, 1.165) is 12.8 Å². The Bertz CT molecular complexity index is 193. The van der Waals surface area contributed by atoms with Crippen LogP contribution < -0.4 is 0 Å². The zero-order valence-corrected chi connectivity index (χ0v) is 15.8. The van der Waals surface area contributed by atoms with Gasteiger partial charge in [-0.05, 0) is 24.2 Å². The first-order chi connectivity index (χ1) is 5.91. The molecule has 0 radical (unpaired) electrons. The summed E-state index contributed by atoms with van der Waals surface area (Å²) in [5.74, 6) is 0.670. The number of nitrogens with zero attached hydrogens (tertiary/aromatic N) is 1. The van der Waals surface area contributed by atoms with Gasteiger partial charge in [0.1, 0.15) is 0 Å². The Kier molecular flexibility index (Phi) is 3.49. The maximum Gasteiger partial charge on any atom is 0.407 e. The fourth-order valence-corrected chi connectivity index (χ4v) is 1.94. The maximum absolute atomic E-state index is 10.6. The van der Waals surface area contributed by atoms with Crippen LogP contribution >= 0.6 is 0 Å². The molecule has 1 N–H and O–H groups in total. The van der Waals surface area contributed by atoms with Gasteiger partial charge in [-0.3, -0.25) is 0 Å². The van der Waals surface area contributed by atoms with Gasteiger partial charge in [0.2, 0.25) is 0 Å². The molecule has 0 aliphatic carbocycles. The van der Waals surface area contributed by atoms with Crippen molar-refractivity contribution in [3.63, 3.8) is 0 Å². The molecule has 78 valence electrons. The topological polar surface area (TPSA) is 40.5 Å². The largest absolute Gasteiger partial charge is 0.465 e. The molecule has 1 heterocycles. The molecule has 0 spiro atoms. The van der Waals surface area contributed by atoms with Crippen LogP contribution in [0.2, 0.25) is 0 Å². The molecule has 0 atom stereocenters. The Morgan fingerprint density at radius 1 is 1.29 bits per heavy atom. The van der Waals surface area contributed by atoms with Gasteiger partial charge in [0.15, 0.2) is 0 Å². The van der Waals surface area contributed by atoms with Crippen molar-refractivity contribution >= 4 is 6.09 Å². The van der Waals surface area contributed by atoms with E-state index in [-0.39, 0.29) is 0 Å². The smallest absolute Gasteiger partial charge is 0.407 e. The van der Waals surface area contributed by atoms with Crippen molar-refractivity contribution in [1.82, 2.24) is 4.90 Å². The molecule has 0 bridgehead atoms. The van der Waals surface area contributed by atoms with E-state index in [1.807, 2.05) is 0 Å². The van der Waals surface area contributed by atoms with Crippen molar-refractivity contribution < 1.29 is 9.90 Å². The number of rotatable bonds is 0. The Hall–Kier alpha value is -1.73. The number of likely N-dealkylation sites (tertiary alicyclic amines) is 1. The molecular formula is C10H19NO2Rf. The first-order valence-corrected chi connectivity index (χ1v) is 4.89. The van der Waals surface area contributed by atoms with Crippen LogP contribution in [0.1, 0.15) is 33.6 Å². The molecule has 0 aromatic carbocycles. The predicted molar refractivity (Wildman–Crippen MR) is 51.8 cm³/mol. The van der Waals surface area contributed by atoms with Crippen molar-refractivity contribution in [2.45, 2.75) is 33.6 Å². The van der Waals surface area contributed by atoms with E-state index in [1.54, 1.807) is 0 Å². The standard InChI is InChI=1S/C10H19NO2.Rf/c1-10(2,3)8-4-6-11(7-5-8)9(12)13;/h8H,4-7H2,1-3H3,(H,12,13);. The summed E-state index contributed by atoms with van der Waals surface area (Å²) in [6.07, 6.45) is 1.25. The summed E-state index contributed by atoms with van der Waals surface area (Å²) in [5.41, 5.74) is 0.324. The van der Waals surface area contributed by atoms with Crippen molar-refractivity contribution in [2.75, 3.05) is 13.1 Å². The normalized spacial score (nSPS) is 18.9. The molecule has 0 unspecified atom stereocenters. The summed E-state index contributed by atoms with van der Waals surface area (Å²) in [4.78, 5) is 12.2. The van der Waals surface area contributed by atoms with Crippen LogP contribution in [-0.4, -0.2) is 29.2 Å². The third-order valence-electron chi connectivity index (χ3n) is 2.99. The number of piperidine rings is 1. The van der Waals surface area contributed by atoms with Gasteiger partial charge in [0.05, 0.1) is 0 Å². The van der Waals surface area contributed by atoms with E-state index in [1.165, 1.54) is 4.90 Å². The third kappa shape index (κ3) is 2.64. The molecule has 1 amide bonds. The second-order valence-electron chi connectivity index (χ2n) is 4.91. The average molecular weight is 452 g/mol. The van der Waals surface area contributed by atoms with E-state index < -0.39 is 6.09 Å². The van der Waals surface area contributed by atoms with Crippen molar-refractivity contribution in [2.24, 2.45) is 11.3 Å². The molecule has 1 aliphatic rings. The second-order valence-corrected chi connectivity index (χ2v) is 4.91. The number of carbonyl (C=O) groups is 1. The first kappa shape index (κ1) is 12.3. The number of hydrogen-bond donors (Lipinski definition) is 1. The van der Waals surface area contributed by atoms with E-state index in [2.05, 4.69) is 20.8 Å². The van der Waals surface area contributed by atoms with Crippen LogP contribution in [0.5, 0.6) is 0 Å². The predicted octanol–water partition coefficient (Wildman–Crippen LogP) is 2.42. The van der Waals surface area contributed by atoms with Gasteiger partial charge >= 0.3 is 6.09 Å². The van der Waals surface area contributed by atoms with E-state index in [0.29, 0.717) is 24.4 Å². The summed E-state index contributed by atoms with van der Waals surface area (Å²) in [5, 5.41) is 8.75. The van der Waals surface area contributed by atoms with Gasteiger partial charge in [0.25, 0.3) is 0 Å². The molecule has 0 aromatic rings. The molecule has 1 saturated heterocycles. The Balaban J connectivity index is 0.00000169. The minimum Gasteiger partial charge on any atom is -0.465 e. The summed E-state index contributed by atoms with van der Waals surface area (Å²) in [6, 6.07) is 0. The quantitative estimate of drug-likeness (QED) is 0.614. The Morgan fingerprint density at radius 2 is 1.71 bits per heavy atom. The first-order valence-electron chi connectivity index (χ1n) is 4.89. The van der Waals surface area contributed by atoms with Gasteiger partial charge < -0.3 is 10.0 Å². The van der Waals surface area contributed by atoms with Crippen molar-refractivity contribution in [3.8, 4) is 0 Å². The fraction of sp³-hybridized carbons (Fsp3) is 0.900. The van der Waals surface area contributed by atoms with E-state index in [9.17, 15) is 4.79 Å². The zero-order chi connectivity index (χ0) is 10.1. The third-order valence-corrected chi connectivity index (χ3v) is 2.99. The minimum atomic E-state index is -0.771. The molecule has 1 aliphatic heterocycles. The molecule has 14 heavy (non-hydrogen) atoms. The van der Waals surface area contributed by atoms with Crippen molar-refractivity contribution in [3.05, 3.63) is 0 Å². The summed E-state index contributed by atoms with van der Waals surface area (Å²) >= 11 is 0.